The van der Waals surface area contributed by atoms with E-state index >= 15 is 0 Å². The van der Waals surface area contributed by atoms with Gasteiger partial charge in [0, 0.05) is 149 Å². The lowest BCUT2D eigenvalue weighted by atomic mass is 9.68. The van der Waals surface area contributed by atoms with Crippen LogP contribution >= 0.6 is 0 Å². The minimum absolute atomic E-state index is 0. The number of aryl methyl sites for hydroxylation is 1. The molecular formula is C80H62N12O10-2. The van der Waals surface area contributed by atoms with Crippen molar-refractivity contribution in [2.75, 3.05) is 6.54 Å². The third-order valence-electron chi connectivity index (χ3n) is 20.2. The molecule has 6 aromatic heterocycles. The van der Waals surface area contributed by atoms with Crippen LogP contribution in [-0.4, -0.2) is 113 Å². The summed E-state index contributed by atoms with van der Waals surface area (Å²) in [6, 6.07) is 58.3. The number of hydrogen-bond acceptors (Lipinski definition) is 12. The lowest BCUT2D eigenvalue weighted by Crippen LogP contribution is -2.42. The Balaban J connectivity index is 0.000000105. The summed E-state index contributed by atoms with van der Waals surface area (Å²) in [7, 11) is 0. The van der Waals surface area contributed by atoms with E-state index in [0.717, 1.165) is 139 Å². The number of H-pyrrole nitrogens is 6. The van der Waals surface area contributed by atoms with Crippen molar-refractivity contribution in [2.24, 2.45) is 4.99 Å². The number of benzene rings is 8. The van der Waals surface area contributed by atoms with Crippen molar-refractivity contribution < 1.29 is 54.7 Å². The number of carbonyl (C=O) groups is 5. The number of Topliss-reactive ketones (excluding diaryl/α,β-unsaturated/α-hetero) is 4. The molecule has 2 atom stereocenters. The number of amides is 1. The first-order valence-corrected chi connectivity index (χ1v) is 33.1. The fourth-order valence-corrected chi connectivity index (χ4v) is 15.8. The number of hydrogen-bond donors (Lipinski definition) is 12. The van der Waals surface area contributed by atoms with Crippen LogP contribution in [0.3, 0.4) is 0 Å². The number of nitrogens with one attached hydrogen (secondary N) is 8. The van der Waals surface area contributed by atoms with E-state index in [0.29, 0.717) is 54.6 Å². The second-order valence-corrected chi connectivity index (χ2v) is 25.8. The number of carbonyl (C=O) groups excluding carboxylic acids is 5. The van der Waals surface area contributed by atoms with Gasteiger partial charge >= 0.3 is 5.71 Å². The number of aromatic amines is 6. The first kappa shape index (κ1) is 64.8. The fourth-order valence-electron chi connectivity index (χ4n) is 15.8. The Kier molecular flexibility index (Phi) is 16.3. The summed E-state index contributed by atoms with van der Waals surface area (Å²) in [5, 5.41) is 53.6. The number of allylic oxidation sites excluding steroid dienone is 3. The minimum atomic E-state index is -1.10. The number of para-hydroxylation sites is 7. The van der Waals surface area contributed by atoms with E-state index in [-0.39, 0.29) is 77.1 Å². The first-order valence-electron chi connectivity index (χ1n) is 33.1. The zero-order valence-electron chi connectivity index (χ0n) is 54.3. The molecule has 21 rings (SSSR count). The molecule has 8 heterocycles. The molecule has 8 aromatic carbocycles. The summed E-state index contributed by atoms with van der Waals surface area (Å²) < 4.78 is 0. The molecule has 0 saturated heterocycles. The van der Waals surface area contributed by atoms with Crippen LogP contribution in [0.25, 0.3) is 126 Å². The molecule has 22 heteroatoms. The van der Waals surface area contributed by atoms with Crippen molar-refractivity contribution in [1.29, 1.82) is 5.53 Å². The van der Waals surface area contributed by atoms with Crippen LogP contribution in [0.2, 0.25) is 0 Å². The Morgan fingerprint density at radius 3 is 1.66 bits per heavy atom. The summed E-state index contributed by atoms with van der Waals surface area (Å²) in [5.74, 6) is -0.304. The highest BCUT2D eigenvalue weighted by Gasteiger charge is 2.56. The summed E-state index contributed by atoms with van der Waals surface area (Å²) in [4.78, 5) is 85.7. The molecule has 2 unspecified atom stereocenters. The third-order valence-corrected chi connectivity index (χ3v) is 20.2. The fraction of sp³-hybridized carbons (Fsp3) is 0.138. The molecule has 1 amide bonds. The summed E-state index contributed by atoms with van der Waals surface area (Å²) in [6.45, 7) is 0.216. The number of nitrogens with zero attached hydrogens (tertiary/aromatic N) is 4. The Morgan fingerprint density at radius 1 is 0.500 bits per heavy atom. The van der Waals surface area contributed by atoms with E-state index in [9.17, 15) is 44.4 Å². The van der Waals surface area contributed by atoms with Gasteiger partial charge in [0.05, 0.1) is 68.9 Å². The van der Waals surface area contributed by atoms with Gasteiger partial charge in [0.15, 0.2) is 11.6 Å². The molecule has 1 fully saturated rings. The predicted octanol–water partition coefficient (Wildman–Crippen LogP) is 15.8. The Hall–Kier alpha value is -13.1. The molecule has 2 aliphatic heterocycles. The highest BCUT2D eigenvalue weighted by Crippen LogP contribution is 2.59. The number of aliphatic hydroxyl groups excluding tert-OH is 3. The minimum Gasteiger partial charge on any atom is -0.870 e. The molecule has 0 radical (unpaired) electrons. The van der Waals surface area contributed by atoms with Gasteiger partial charge in [0.1, 0.15) is 17.1 Å². The maximum absolute atomic E-state index is 12.7. The molecule has 22 nitrogen and oxygen atoms in total. The van der Waals surface area contributed by atoms with Crippen LogP contribution in [0.4, 0.5) is 5.69 Å². The van der Waals surface area contributed by atoms with Crippen molar-refractivity contribution in [3.8, 4) is 11.4 Å². The average Bonchev–Trinajstić information content (AvgIpc) is 1.53. The Labute approximate surface area is 578 Å². The largest absolute Gasteiger partial charge is 0.870 e. The van der Waals surface area contributed by atoms with Gasteiger partial charge < -0.3 is 77.7 Å². The molecule has 0 bridgehead atoms. The van der Waals surface area contributed by atoms with Gasteiger partial charge in [-0.2, -0.15) is 4.79 Å². The average molecular weight is 1350 g/mol. The van der Waals surface area contributed by atoms with E-state index in [1.165, 1.54) is 16.3 Å². The zero-order valence-corrected chi connectivity index (χ0v) is 54.3. The van der Waals surface area contributed by atoms with Gasteiger partial charge in [-0.3, -0.25) is 29.0 Å². The van der Waals surface area contributed by atoms with E-state index in [1.807, 2.05) is 133 Å². The van der Waals surface area contributed by atoms with Gasteiger partial charge in [-0.25, -0.2) is 0 Å². The first-order chi connectivity index (χ1) is 49.3. The standard InChI is InChI=1S/2C21H16N2O2.C21H14N2O.C12H10N2O2.C5H4N2O2.HN2.H2O/c24-15-9-10-21(25)17-12-6-2-4-8-14(12)23-20(17)19-16(18(15)21)11-5-1-3-7-13(11)22-19;24-17-9-10-18(25)20(17)19-13-6-2-4-8-15(13)23-21(19)16-11-12-5-1-3-7-14(12)22-16;24-16-10-9-13-17-11-5-1-3-7-14(11)22-20(17)21-19(18(13)16)12-6-2-4-8-15(12)23-21;15-10-6-14-12(16)11(10)8-5-13-9-4-2-1-3-7(8)9;6-7-5-3(8)1-2-4(5)9;1-2;/h1-8,17,22,24-25H,9-10H2;1-8,11,22-24H,9-10H2;1-8,22-23H,9-10H2;1-5,13,15H,6H2,(H,14,16);1-2H2;1H;1H2/q;;;;;-1;/p-1. The number of ketones is 4. The predicted molar refractivity (Wildman–Crippen MR) is 391 cm³/mol. The normalized spacial score (nSPS) is 17.7. The summed E-state index contributed by atoms with van der Waals surface area (Å²) in [6.07, 6.45) is 5.39. The van der Waals surface area contributed by atoms with Gasteiger partial charge in [-0.15, -0.1) is 0 Å². The lowest BCUT2D eigenvalue weighted by molar-refractivity contribution is -0.119. The number of aromatic nitrogens is 6. The van der Waals surface area contributed by atoms with Crippen LogP contribution < -0.4 is 5.32 Å². The van der Waals surface area contributed by atoms with E-state index < -0.39 is 5.60 Å². The van der Waals surface area contributed by atoms with Gasteiger partial charge in [0.25, 0.3) is 5.91 Å². The number of fused-ring (bicyclic) bond motifs is 23. The second kappa shape index (κ2) is 25.6. The molecule has 1 saturated carbocycles. The van der Waals surface area contributed by atoms with Crippen LogP contribution in [0, 0.1) is 5.53 Å². The van der Waals surface area contributed by atoms with Crippen molar-refractivity contribution in [3.05, 3.63) is 250 Å². The molecule has 504 valence electrons. The summed E-state index contributed by atoms with van der Waals surface area (Å²) >= 11 is 0. The zero-order chi connectivity index (χ0) is 69.5. The summed E-state index contributed by atoms with van der Waals surface area (Å²) in [5.41, 5.74) is 37.6. The van der Waals surface area contributed by atoms with Crippen molar-refractivity contribution >= 4 is 150 Å². The number of aliphatic imine (C=N–C) groups is 1. The van der Waals surface area contributed by atoms with E-state index in [2.05, 4.69) is 82.5 Å². The molecule has 0 spiro atoms. The van der Waals surface area contributed by atoms with Crippen molar-refractivity contribution in [3.63, 3.8) is 0 Å². The molecular weight excluding hydrogens is 1290 g/mol. The molecule has 5 aliphatic carbocycles. The quantitative estimate of drug-likeness (QED) is 0.0586. The second-order valence-electron chi connectivity index (χ2n) is 25.8. The van der Waals surface area contributed by atoms with Crippen LogP contribution in [0.5, 0.6) is 0 Å². The van der Waals surface area contributed by atoms with Crippen LogP contribution in [0.15, 0.2) is 204 Å². The van der Waals surface area contributed by atoms with Crippen LogP contribution in [0.1, 0.15) is 94.7 Å². The highest BCUT2D eigenvalue weighted by atomic mass is 16.3. The van der Waals surface area contributed by atoms with Gasteiger partial charge in [-0.05, 0) is 72.5 Å². The number of aliphatic hydroxyl groups is 4. The topological polar surface area (TPSA) is 398 Å². The van der Waals surface area contributed by atoms with Gasteiger partial charge in [0.2, 0.25) is 11.6 Å². The molecule has 7 aliphatic rings. The Morgan fingerprint density at radius 2 is 1.04 bits per heavy atom. The monoisotopic (exact) mass is 1350 g/mol. The molecule has 102 heavy (non-hydrogen) atoms. The van der Waals surface area contributed by atoms with Crippen molar-refractivity contribution in [1.82, 2.24) is 35.2 Å². The van der Waals surface area contributed by atoms with E-state index in [4.69, 9.17) is 21.6 Å². The molecule has 13 N–H and O–H groups in total. The molecule has 14 aromatic rings. The maximum Gasteiger partial charge on any atom is 0.400 e. The van der Waals surface area contributed by atoms with Crippen LogP contribution in [-0.2, 0) is 25.6 Å². The smallest absolute Gasteiger partial charge is 0.400 e. The van der Waals surface area contributed by atoms with E-state index in [1.54, 1.807) is 6.20 Å². The maximum atomic E-state index is 12.7. The lowest BCUT2D eigenvalue weighted by Gasteiger charge is -2.38. The highest BCUT2D eigenvalue weighted by molar-refractivity contribution is 6.67. The number of rotatable bonds is 3. The SMILES string of the molecule is O=C1CCC(O)=C1c1c(-c2cc3ccccc3[nH]2)[nH]c2ccccc12.O=C1CCc2c1c1c3ccccc3[nH]c1c1[nH]c3ccccc3c21.O=C1NCC(O)=C1c1c[nH]c2ccccc12.OC1=C2c3c([nH]c4ccccc34)C3=Nc4ccccc4C3C2(O)CC1.[N-]=N.[N-]=[N+]=C1C(=O)CCC1=O.[OH-]. The third kappa shape index (κ3) is 10.3. The van der Waals surface area contributed by atoms with Gasteiger partial charge in [-0.1, -0.05) is 127 Å². The van der Waals surface area contributed by atoms with Crippen molar-refractivity contribution in [2.45, 2.75) is 62.9 Å². The Bertz CT molecular complexity index is 6070.